The zero-order valence-electron chi connectivity index (χ0n) is 25.8. The van der Waals surface area contributed by atoms with Crippen LogP contribution in [0.2, 0.25) is 0 Å². The molecule has 1 heterocycles. The lowest BCUT2D eigenvalue weighted by Gasteiger charge is -2.61. The summed E-state index contributed by atoms with van der Waals surface area (Å²) in [4.78, 5) is 2.43. The van der Waals surface area contributed by atoms with Crippen LogP contribution in [0.25, 0.3) is 43.8 Å². The number of anilines is 3. The third-order valence-electron chi connectivity index (χ3n) is 12.4. The molecular formula is C44H35NO. The summed E-state index contributed by atoms with van der Waals surface area (Å²) in [5.41, 5.74) is 11.6. The molecule has 222 valence electrons. The van der Waals surface area contributed by atoms with E-state index in [0.29, 0.717) is 0 Å². The topological polar surface area (TPSA) is 16.4 Å². The molecule has 4 saturated carbocycles. The fraction of sp³-hybridized carbons (Fsp3) is 0.227. The van der Waals surface area contributed by atoms with Crippen LogP contribution in [0, 0.1) is 23.7 Å². The monoisotopic (exact) mass is 593 g/mol. The second-order valence-electron chi connectivity index (χ2n) is 14.6. The first-order chi connectivity index (χ1) is 22.7. The molecule has 5 aliphatic carbocycles. The number of nitrogens with zero attached hydrogens (tertiary/aromatic N) is 1. The average molecular weight is 594 g/mol. The molecule has 0 atom stereocenters. The SMILES string of the molecule is c1ccc2c(c1)-c1cc(N(c3ccc4ccccc4c3)c3ccc4c(c3)oc3ccccc34)ccc1C21C2CC3CC(C2)CC1C3. The number of rotatable bonds is 3. The van der Waals surface area contributed by atoms with Crippen molar-refractivity contribution < 1.29 is 4.42 Å². The van der Waals surface area contributed by atoms with Gasteiger partial charge in [0.05, 0.1) is 0 Å². The van der Waals surface area contributed by atoms with Crippen molar-refractivity contribution in [3.05, 3.63) is 139 Å². The van der Waals surface area contributed by atoms with Gasteiger partial charge in [-0.3, -0.25) is 0 Å². The van der Waals surface area contributed by atoms with Gasteiger partial charge in [0.1, 0.15) is 11.2 Å². The summed E-state index contributed by atoms with van der Waals surface area (Å²) in [6, 6.07) is 47.5. The van der Waals surface area contributed by atoms with Crippen LogP contribution in [0.4, 0.5) is 17.1 Å². The van der Waals surface area contributed by atoms with E-state index in [4.69, 9.17) is 4.42 Å². The van der Waals surface area contributed by atoms with Gasteiger partial charge in [-0.2, -0.15) is 0 Å². The van der Waals surface area contributed by atoms with Crippen molar-refractivity contribution in [1.82, 2.24) is 0 Å². The molecule has 5 aliphatic rings. The quantitative estimate of drug-likeness (QED) is 0.203. The van der Waals surface area contributed by atoms with E-state index in [9.17, 15) is 0 Å². The summed E-state index contributed by atoms with van der Waals surface area (Å²) < 4.78 is 6.41. The molecule has 1 spiro atoms. The Morgan fingerprint density at radius 3 is 1.98 bits per heavy atom. The number of furan rings is 1. The molecule has 0 unspecified atom stereocenters. The van der Waals surface area contributed by atoms with Crippen molar-refractivity contribution in [2.24, 2.45) is 23.7 Å². The van der Waals surface area contributed by atoms with Crippen molar-refractivity contribution in [3.63, 3.8) is 0 Å². The highest BCUT2D eigenvalue weighted by Crippen LogP contribution is 2.69. The first-order valence-corrected chi connectivity index (χ1v) is 17.2. The third kappa shape index (κ3) is 3.32. The summed E-state index contributed by atoms with van der Waals surface area (Å²) >= 11 is 0. The number of hydrogen-bond acceptors (Lipinski definition) is 2. The van der Waals surface area contributed by atoms with Crippen LogP contribution in [-0.4, -0.2) is 0 Å². The van der Waals surface area contributed by atoms with Crippen molar-refractivity contribution in [2.75, 3.05) is 4.90 Å². The molecule has 0 N–H and O–H groups in total. The van der Waals surface area contributed by atoms with Crippen LogP contribution < -0.4 is 4.90 Å². The molecule has 6 aromatic carbocycles. The molecule has 7 aromatic rings. The fourth-order valence-corrected chi connectivity index (χ4v) is 10.9. The number of fused-ring (bicyclic) bond motifs is 7. The molecule has 0 saturated heterocycles. The highest BCUT2D eigenvalue weighted by Gasteiger charge is 2.61. The number of benzene rings is 6. The minimum Gasteiger partial charge on any atom is -0.456 e. The largest absolute Gasteiger partial charge is 0.456 e. The van der Waals surface area contributed by atoms with Crippen LogP contribution in [0.3, 0.4) is 0 Å². The smallest absolute Gasteiger partial charge is 0.137 e. The molecule has 46 heavy (non-hydrogen) atoms. The molecule has 2 nitrogen and oxygen atoms in total. The van der Waals surface area contributed by atoms with E-state index in [2.05, 4.69) is 126 Å². The van der Waals surface area contributed by atoms with E-state index in [-0.39, 0.29) is 5.41 Å². The van der Waals surface area contributed by atoms with Crippen LogP contribution in [0.1, 0.15) is 43.2 Å². The van der Waals surface area contributed by atoms with Gasteiger partial charge < -0.3 is 9.32 Å². The third-order valence-corrected chi connectivity index (χ3v) is 12.4. The van der Waals surface area contributed by atoms with Gasteiger partial charge in [-0.1, -0.05) is 78.9 Å². The second kappa shape index (κ2) is 9.13. The Bertz CT molecular complexity index is 2330. The molecule has 4 fully saturated rings. The second-order valence-corrected chi connectivity index (χ2v) is 14.6. The van der Waals surface area contributed by atoms with Gasteiger partial charge in [-0.15, -0.1) is 0 Å². The van der Waals surface area contributed by atoms with Gasteiger partial charge in [0.25, 0.3) is 0 Å². The van der Waals surface area contributed by atoms with Crippen LogP contribution in [-0.2, 0) is 5.41 Å². The van der Waals surface area contributed by atoms with E-state index in [1.165, 1.54) is 59.7 Å². The van der Waals surface area contributed by atoms with Crippen LogP contribution >= 0.6 is 0 Å². The predicted octanol–water partition coefficient (Wildman–Crippen LogP) is 11.9. The summed E-state index contributed by atoms with van der Waals surface area (Å²) in [6.07, 6.45) is 7.10. The summed E-state index contributed by atoms with van der Waals surface area (Å²) in [6.45, 7) is 0. The highest BCUT2D eigenvalue weighted by atomic mass is 16.3. The van der Waals surface area contributed by atoms with Crippen molar-refractivity contribution in [1.29, 1.82) is 0 Å². The first kappa shape index (κ1) is 25.4. The Morgan fingerprint density at radius 2 is 1.11 bits per heavy atom. The maximum atomic E-state index is 6.41. The molecule has 0 amide bonds. The van der Waals surface area contributed by atoms with E-state index >= 15 is 0 Å². The fourth-order valence-electron chi connectivity index (χ4n) is 10.9. The Kier molecular flexibility index (Phi) is 5.04. The van der Waals surface area contributed by atoms with Gasteiger partial charge in [0, 0.05) is 39.3 Å². The average Bonchev–Trinajstić information content (AvgIpc) is 3.60. The van der Waals surface area contributed by atoms with E-state index in [1.807, 2.05) is 6.07 Å². The molecule has 0 radical (unpaired) electrons. The van der Waals surface area contributed by atoms with Gasteiger partial charge in [-0.25, -0.2) is 0 Å². The lowest BCUT2D eigenvalue weighted by atomic mass is 9.43. The maximum Gasteiger partial charge on any atom is 0.137 e. The normalized spacial score (nSPS) is 25.5. The lowest BCUT2D eigenvalue weighted by Crippen LogP contribution is -2.55. The first-order valence-electron chi connectivity index (χ1n) is 17.2. The van der Waals surface area contributed by atoms with Gasteiger partial charge >= 0.3 is 0 Å². The Hall–Kier alpha value is -4.82. The summed E-state index contributed by atoms with van der Waals surface area (Å²) in [7, 11) is 0. The minimum absolute atomic E-state index is 0.179. The maximum absolute atomic E-state index is 6.41. The van der Waals surface area contributed by atoms with E-state index < -0.39 is 0 Å². The predicted molar refractivity (Wildman–Crippen MR) is 189 cm³/mol. The highest BCUT2D eigenvalue weighted by molar-refractivity contribution is 6.06. The van der Waals surface area contributed by atoms with E-state index in [1.54, 1.807) is 11.1 Å². The van der Waals surface area contributed by atoms with Crippen LogP contribution in [0.15, 0.2) is 132 Å². The standard InChI is InChI=1S/C44H35NO/c1-2-8-30-24-33(14-13-29(30)7-1)45(35-15-17-38-37-10-4-6-12-42(37)46-43(38)26-35)34-16-18-41-39(25-34)36-9-3-5-11-40(36)44(41)31-20-27-19-28(22-31)23-32(44)21-27/h1-18,24-28,31-32H,19-23H2. The van der Waals surface area contributed by atoms with Gasteiger partial charge in [0.2, 0.25) is 0 Å². The van der Waals surface area contributed by atoms with Gasteiger partial charge in [0.15, 0.2) is 0 Å². The van der Waals surface area contributed by atoms with Crippen LogP contribution in [0.5, 0.6) is 0 Å². The number of para-hydroxylation sites is 1. The molecular weight excluding hydrogens is 558 g/mol. The van der Waals surface area contributed by atoms with Gasteiger partial charge in [-0.05, 0) is 131 Å². The van der Waals surface area contributed by atoms with Crippen molar-refractivity contribution in [3.8, 4) is 11.1 Å². The molecule has 12 rings (SSSR count). The van der Waals surface area contributed by atoms with E-state index in [0.717, 1.165) is 57.0 Å². The summed E-state index contributed by atoms with van der Waals surface area (Å²) in [5.74, 6) is 3.42. The lowest BCUT2D eigenvalue weighted by molar-refractivity contribution is -0.0399. The number of hydrogen-bond donors (Lipinski definition) is 0. The molecule has 0 aliphatic heterocycles. The Labute approximate surface area is 269 Å². The Balaban J connectivity index is 1.13. The Morgan fingerprint density at radius 1 is 0.478 bits per heavy atom. The minimum atomic E-state index is 0.179. The van der Waals surface area contributed by atoms with Crippen molar-refractivity contribution in [2.45, 2.75) is 37.5 Å². The molecule has 2 heteroatoms. The van der Waals surface area contributed by atoms with Crippen molar-refractivity contribution >= 4 is 49.8 Å². The molecule has 4 bridgehead atoms. The zero-order valence-corrected chi connectivity index (χ0v) is 25.8. The molecule has 1 aromatic heterocycles. The zero-order chi connectivity index (χ0) is 30.0. The summed E-state index contributed by atoms with van der Waals surface area (Å²) in [5, 5.41) is 4.82.